The molecule has 0 fully saturated rings. The van der Waals surface area contributed by atoms with E-state index in [4.69, 9.17) is 15.6 Å². The maximum atomic E-state index is 11.0. The standard InChI is InChI=1S/C8H15NO4/c1-4(2)8(12)13-5(3)6(9)7(10)11/h4-6H,9H2,1-3H3,(H,10,11)/t5-,6-/m0/s1. The molecule has 5 heteroatoms. The van der Waals surface area contributed by atoms with E-state index in [1.54, 1.807) is 13.8 Å². The normalized spacial score (nSPS) is 15.2. The number of carbonyl (C=O) groups is 2. The largest absolute Gasteiger partial charge is 0.480 e. The van der Waals surface area contributed by atoms with E-state index in [1.807, 2.05) is 0 Å². The number of carboxylic acids is 1. The first kappa shape index (κ1) is 11.9. The SMILES string of the molecule is CC(C)C(=O)O[C@@H](C)[C@H](N)C(=O)O. The van der Waals surface area contributed by atoms with Gasteiger partial charge in [-0.2, -0.15) is 0 Å². The molecule has 0 aliphatic heterocycles. The molecule has 0 heterocycles. The summed E-state index contributed by atoms with van der Waals surface area (Å²) in [5.41, 5.74) is 5.23. The summed E-state index contributed by atoms with van der Waals surface area (Å²) in [4.78, 5) is 21.4. The molecule has 0 aliphatic rings. The molecule has 0 amide bonds. The summed E-state index contributed by atoms with van der Waals surface area (Å²) in [6, 6.07) is -1.16. The summed E-state index contributed by atoms with van der Waals surface area (Å²) in [6.07, 6.45) is -0.799. The summed E-state index contributed by atoms with van der Waals surface area (Å²) in [5, 5.41) is 8.49. The first-order chi connectivity index (χ1) is 5.86. The number of ether oxygens (including phenoxy) is 1. The van der Waals surface area contributed by atoms with E-state index < -0.39 is 24.1 Å². The number of carbonyl (C=O) groups excluding carboxylic acids is 1. The molecular weight excluding hydrogens is 174 g/mol. The quantitative estimate of drug-likeness (QED) is 0.607. The molecule has 0 bridgehead atoms. The van der Waals surface area contributed by atoms with Crippen LogP contribution in [0.4, 0.5) is 0 Å². The Morgan fingerprint density at radius 1 is 1.31 bits per heavy atom. The van der Waals surface area contributed by atoms with E-state index in [0.717, 1.165) is 0 Å². The van der Waals surface area contributed by atoms with Gasteiger partial charge in [-0.15, -0.1) is 0 Å². The van der Waals surface area contributed by atoms with Gasteiger partial charge in [-0.1, -0.05) is 13.8 Å². The Balaban J connectivity index is 4.07. The fourth-order valence-electron chi connectivity index (χ4n) is 0.593. The summed E-state index contributed by atoms with van der Waals surface area (Å²) in [6.45, 7) is 4.79. The zero-order chi connectivity index (χ0) is 10.6. The van der Waals surface area contributed by atoms with Crippen molar-refractivity contribution in [2.75, 3.05) is 0 Å². The van der Waals surface area contributed by atoms with Crippen molar-refractivity contribution in [3.8, 4) is 0 Å². The van der Waals surface area contributed by atoms with Gasteiger partial charge in [0.25, 0.3) is 0 Å². The molecule has 2 atom stereocenters. The van der Waals surface area contributed by atoms with Crippen LogP contribution in [0.5, 0.6) is 0 Å². The number of hydrogen-bond donors (Lipinski definition) is 2. The second kappa shape index (κ2) is 4.81. The number of carboxylic acid groups (broad SMARTS) is 1. The van der Waals surface area contributed by atoms with Crippen molar-refractivity contribution in [2.24, 2.45) is 11.7 Å². The first-order valence-corrected chi connectivity index (χ1v) is 4.05. The summed E-state index contributed by atoms with van der Waals surface area (Å²) in [5.74, 6) is -1.89. The van der Waals surface area contributed by atoms with Crippen molar-refractivity contribution < 1.29 is 19.4 Å². The van der Waals surface area contributed by atoms with Crippen molar-refractivity contribution in [1.29, 1.82) is 0 Å². The van der Waals surface area contributed by atoms with Crippen LogP contribution in [-0.2, 0) is 14.3 Å². The van der Waals surface area contributed by atoms with Crippen molar-refractivity contribution in [2.45, 2.75) is 32.9 Å². The molecule has 0 radical (unpaired) electrons. The van der Waals surface area contributed by atoms with Gasteiger partial charge in [-0.05, 0) is 6.92 Å². The lowest BCUT2D eigenvalue weighted by atomic mass is 10.2. The smallest absolute Gasteiger partial charge is 0.324 e. The van der Waals surface area contributed by atoms with Crippen LogP contribution < -0.4 is 5.73 Å². The highest BCUT2D eigenvalue weighted by Crippen LogP contribution is 2.03. The van der Waals surface area contributed by atoms with Crippen molar-refractivity contribution >= 4 is 11.9 Å². The maximum Gasteiger partial charge on any atom is 0.324 e. The highest BCUT2D eigenvalue weighted by Gasteiger charge is 2.24. The van der Waals surface area contributed by atoms with Crippen LogP contribution in [0.3, 0.4) is 0 Å². The van der Waals surface area contributed by atoms with Crippen LogP contribution in [0, 0.1) is 5.92 Å². The predicted octanol–water partition coefficient (Wildman–Crippen LogP) is -0.0140. The molecule has 5 nitrogen and oxygen atoms in total. The molecule has 0 aromatic heterocycles. The number of hydrogen-bond acceptors (Lipinski definition) is 4. The Morgan fingerprint density at radius 3 is 2.08 bits per heavy atom. The lowest BCUT2D eigenvalue weighted by Gasteiger charge is -2.17. The molecular formula is C8H15NO4. The van der Waals surface area contributed by atoms with E-state index in [-0.39, 0.29) is 5.92 Å². The Kier molecular flexibility index (Phi) is 4.40. The molecule has 0 rings (SSSR count). The Labute approximate surface area is 76.9 Å². The third-order valence-corrected chi connectivity index (χ3v) is 1.56. The summed E-state index contributed by atoms with van der Waals surface area (Å²) in [7, 11) is 0. The minimum Gasteiger partial charge on any atom is -0.480 e. The van der Waals surface area contributed by atoms with Gasteiger partial charge in [-0.25, -0.2) is 0 Å². The van der Waals surface area contributed by atoms with E-state index >= 15 is 0 Å². The van der Waals surface area contributed by atoms with Crippen molar-refractivity contribution in [1.82, 2.24) is 0 Å². The lowest BCUT2D eigenvalue weighted by molar-refractivity contribution is -0.156. The monoisotopic (exact) mass is 189 g/mol. The van der Waals surface area contributed by atoms with E-state index in [2.05, 4.69) is 0 Å². The fourth-order valence-corrected chi connectivity index (χ4v) is 0.593. The molecule has 0 saturated heterocycles. The zero-order valence-electron chi connectivity index (χ0n) is 7.98. The molecule has 0 aromatic rings. The minimum absolute atomic E-state index is 0.275. The first-order valence-electron chi connectivity index (χ1n) is 4.05. The molecule has 0 unspecified atom stereocenters. The van der Waals surface area contributed by atoms with Crippen LogP contribution in [0.1, 0.15) is 20.8 Å². The molecule has 3 N–H and O–H groups in total. The third kappa shape index (κ3) is 3.89. The summed E-state index contributed by atoms with van der Waals surface area (Å²) < 4.78 is 4.79. The average molecular weight is 189 g/mol. The predicted molar refractivity (Wildman–Crippen MR) is 46.0 cm³/mol. The fraction of sp³-hybridized carbons (Fsp3) is 0.750. The van der Waals surface area contributed by atoms with Gasteiger partial charge in [-0.3, -0.25) is 9.59 Å². The van der Waals surface area contributed by atoms with Crippen LogP contribution >= 0.6 is 0 Å². The van der Waals surface area contributed by atoms with Gasteiger partial charge < -0.3 is 15.6 Å². The third-order valence-electron chi connectivity index (χ3n) is 1.56. The van der Waals surface area contributed by atoms with Crippen LogP contribution in [0.2, 0.25) is 0 Å². The summed E-state index contributed by atoms with van der Waals surface area (Å²) >= 11 is 0. The highest BCUT2D eigenvalue weighted by molar-refractivity contribution is 5.76. The molecule has 0 aliphatic carbocycles. The van der Waals surface area contributed by atoms with E-state index in [0.29, 0.717) is 0 Å². The van der Waals surface area contributed by atoms with Crippen LogP contribution in [0.25, 0.3) is 0 Å². The minimum atomic E-state index is -1.18. The number of aliphatic carboxylic acids is 1. The van der Waals surface area contributed by atoms with Gasteiger partial charge in [0.15, 0.2) is 0 Å². The van der Waals surface area contributed by atoms with Gasteiger partial charge in [0.2, 0.25) is 0 Å². The zero-order valence-corrected chi connectivity index (χ0v) is 7.98. The Morgan fingerprint density at radius 2 is 1.77 bits per heavy atom. The molecule has 0 spiro atoms. The van der Waals surface area contributed by atoms with E-state index in [9.17, 15) is 9.59 Å². The van der Waals surface area contributed by atoms with Crippen molar-refractivity contribution in [3.63, 3.8) is 0 Å². The maximum absolute atomic E-state index is 11.0. The number of rotatable bonds is 4. The Hall–Kier alpha value is -1.10. The second-order valence-electron chi connectivity index (χ2n) is 3.16. The van der Waals surface area contributed by atoms with Gasteiger partial charge in [0.05, 0.1) is 5.92 Å². The topological polar surface area (TPSA) is 89.6 Å². The highest BCUT2D eigenvalue weighted by atomic mass is 16.5. The van der Waals surface area contributed by atoms with Crippen molar-refractivity contribution in [3.05, 3.63) is 0 Å². The number of esters is 1. The average Bonchev–Trinajstić information content (AvgIpc) is 2.02. The molecule has 0 saturated carbocycles. The molecule has 0 aromatic carbocycles. The van der Waals surface area contributed by atoms with Gasteiger partial charge in [0.1, 0.15) is 12.1 Å². The van der Waals surface area contributed by atoms with Gasteiger partial charge in [0, 0.05) is 0 Å². The van der Waals surface area contributed by atoms with E-state index in [1.165, 1.54) is 6.92 Å². The molecule has 76 valence electrons. The number of nitrogens with two attached hydrogens (primary N) is 1. The second-order valence-corrected chi connectivity index (χ2v) is 3.16. The Bertz CT molecular complexity index is 202. The van der Waals surface area contributed by atoms with Crippen LogP contribution in [0.15, 0.2) is 0 Å². The van der Waals surface area contributed by atoms with Crippen LogP contribution in [-0.4, -0.2) is 29.2 Å². The molecule has 13 heavy (non-hydrogen) atoms. The van der Waals surface area contributed by atoms with Gasteiger partial charge >= 0.3 is 11.9 Å². The lowest BCUT2D eigenvalue weighted by Crippen LogP contribution is -2.43.